The van der Waals surface area contributed by atoms with Crippen molar-refractivity contribution in [2.24, 2.45) is 0 Å². The molecule has 0 fully saturated rings. The molecule has 0 saturated heterocycles. The molecule has 0 radical (unpaired) electrons. The fourth-order valence-electron chi connectivity index (χ4n) is 2.77. The fourth-order valence-corrected chi connectivity index (χ4v) is 2.77. The smallest absolute Gasteiger partial charge is 0.262 e. The predicted molar refractivity (Wildman–Crippen MR) is 83.8 cm³/mol. The highest BCUT2D eigenvalue weighted by Crippen LogP contribution is 2.30. The molecule has 3 rings (SSSR count). The van der Waals surface area contributed by atoms with Crippen LogP contribution in [0, 0.1) is 0 Å². The third-order valence-electron chi connectivity index (χ3n) is 3.81. The molecular formula is C17H18N2O2. The van der Waals surface area contributed by atoms with Gasteiger partial charge in [-0.1, -0.05) is 18.2 Å². The summed E-state index contributed by atoms with van der Waals surface area (Å²) in [5.41, 5.74) is 9.09. The normalized spacial score (nSPS) is 13.7. The van der Waals surface area contributed by atoms with Gasteiger partial charge in [-0.3, -0.25) is 4.79 Å². The lowest BCUT2D eigenvalue weighted by molar-refractivity contribution is 0.0982. The molecule has 2 aromatic carbocycles. The van der Waals surface area contributed by atoms with Crippen molar-refractivity contribution in [3.8, 4) is 5.75 Å². The summed E-state index contributed by atoms with van der Waals surface area (Å²) >= 11 is 0. The van der Waals surface area contributed by atoms with Crippen molar-refractivity contribution >= 4 is 17.3 Å². The summed E-state index contributed by atoms with van der Waals surface area (Å²) in [6, 6.07) is 13.2. The maximum atomic E-state index is 12.9. The molecule has 0 aromatic heterocycles. The van der Waals surface area contributed by atoms with Crippen LogP contribution in [0.4, 0.5) is 11.4 Å². The van der Waals surface area contributed by atoms with Gasteiger partial charge in [-0.15, -0.1) is 0 Å². The largest absolute Gasteiger partial charge is 0.496 e. The Labute approximate surface area is 124 Å². The summed E-state index contributed by atoms with van der Waals surface area (Å²) in [5.74, 6) is 0.474. The minimum atomic E-state index is -0.0426. The molecule has 1 heterocycles. The zero-order chi connectivity index (χ0) is 14.8. The summed E-state index contributed by atoms with van der Waals surface area (Å²) in [5, 5.41) is 0. The van der Waals surface area contributed by atoms with Gasteiger partial charge in [0.15, 0.2) is 0 Å². The van der Waals surface area contributed by atoms with Crippen molar-refractivity contribution in [3.63, 3.8) is 0 Å². The number of para-hydroxylation sites is 1. The monoisotopic (exact) mass is 282 g/mol. The Morgan fingerprint density at radius 3 is 2.86 bits per heavy atom. The van der Waals surface area contributed by atoms with E-state index in [-0.39, 0.29) is 5.91 Å². The number of amides is 1. The van der Waals surface area contributed by atoms with Gasteiger partial charge in [0.05, 0.1) is 12.7 Å². The molecule has 4 nitrogen and oxygen atoms in total. The summed E-state index contributed by atoms with van der Waals surface area (Å²) in [7, 11) is 1.55. The molecule has 1 amide bonds. The number of fused-ring (bicyclic) bond motifs is 1. The maximum Gasteiger partial charge on any atom is 0.262 e. The first-order chi connectivity index (χ1) is 10.2. The number of anilines is 2. The van der Waals surface area contributed by atoms with E-state index < -0.39 is 0 Å². The van der Waals surface area contributed by atoms with E-state index in [0.717, 1.165) is 25.1 Å². The third-order valence-corrected chi connectivity index (χ3v) is 3.81. The van der Waals surface area contributed by atoms with Gasteiger partial charge in [-0.25, -0.2) is 0 Å². The van der Waals surface area contributed by atoms with E-state index in [2.05, 4.69) is 6.07 Å². The molecule has 108 valence electrons. The quantitative estimate of drug-likeness (QED) is 0.862. The fraction of sp³-hybridized carbons (Fsp3) is 0.235. The maximum absolute atomic E-state index is 12.9. The SMILES string of the molecule is COc1cc(N)ccc1C(=O)N1CCCc2ccccc21. The van der Waals surface area contributed by atoms with E-state index in [1.807, 2.05) is 23.1 Å². The number of ether oxygens (including phenoxy) is 1. The van der Waals surface area contributed by atoms with Gasteiger partial charge in [0, 0.05) is 24.0 Å². The Morgan fingerprint density at radius 1 is 1.24 bits per heavy atom. The first-order valence-corrected chi connectivity index (χ1v) is 7.04. The van der Waals surface area contributed by atoms with Crippen LogP contribution in [-0.2, 0) is 6.42 Å². The standard InChI is InChI=1S/C17H18N2O2/c1-21-16-11-13(18)8-9-14(16)17(20)19-10-4-6-12-5-2-3-7-15(12)19/h2-3,5,7-9,11H,4,6,10,18H2,1H3. The van der Waals surface area contributed by atoms with E-state index in [4.69, 9.17) is 10.5 Å². The predicted octanol–water partition coefficient (Wildman–Crippen LogP) is 2.87. The Kier molecular flexibility index (Phi) is 3.52. The van der Waals surface area contributed by atoms with Gasteiger partial charge in [-0.05, 0) is 36.6 Å². The zero-order valence-corrected chi connectivity index (χ0v) is 12.0. The summed E-state index contributed by atoms with van der Waals surface area (Å²) < 4.78 is 5.30. The van der Waals surface area contributed by atoms with E-state index in [0.29, 0.717) is 17.0 Å². The molecular weight excluding hydrogens is 264 g/mol. The Balaban J connectivity index is 2.00. The molecule has 1 aliphatic rings. The number of aryl methyl sites for hydroxylation is 1. The Hall–Kier alpha value is -2.49. The number of rotatable bonds is 2. The number of benzene rings is 2. The van der Waals surface area contributed by atoms with Crippen LogP contribution in [0.2, 0.25) is 0 Å². The number of nitrogens with two attached hydrogens (primary N) is 1. The topological polar surface area (TPSA) is 55.6 Å². The van der Waals surface area contributed by atoms with E-state index in [1.54, 1.807) is 25.3 Å². The molecule has 4 heteroatoms. The van der Waals surface area contributed by atoms with Crippen LogP contribution in [0.3, 0.4) is 0 Å². The van der Waals surface area contributed by atoms with E-state index in [1.165, 1.54) is 5.56 Å². The molecule has 2 N–H and O–H groups in total. The lowest BCUT2D eigenvalue weighted by Gasteiger charge is -2.30. The van der Waals surface area contributed by atoms with E-state index in [9.17, 15) is 4.79 Å². The molecule has 2 aromatic rings. The second kappa shape index (κ2) is 5.48. The van der Waals surface area contributed by atoms with Crippen LogP contribution in [0.15, 0.2) is 42.5 Å². The minimum Gasteiger partial charge on any atom is -0.496 e. The number of nitrogens with zero attached hydrogens (tertiary/aromatic N) is 1. The van der Waals surface area contributed by atoms with Crippen LogP contribution in [0.5, 0.6) is 5.75 Å². The molecule has 1 aliphatic heterocycles. The highest BCUT2D eigenvalue weighted by molar-refractivity contribution is 6.08. The number of hydrogen-bond donors (Lipinski definition) is 1. The molecule has 21 heavy (non-hydrogen) atoms. The van der Waals surface area contributed by atoms with Crippen molar-refractivity contribution in [2.75, 3.05) is 24.3 Å². The number of carbonyl (C=O) groups is 1. The summed E-state index contributed by atoms with van der Waals surface area (Å²) in [6.45, 7) is 0.726. The summed E-state index contributed by atoms with van der Waals surface area (Å²) in [6.07, 6.45) is 1.98. The van der Waals surface area contributed by atoms with Gasteiger partial charge in [-0.2, -0.15) is 0 Å². The lowest BCUT2D eigenvalue weighted by Crippen LogP contribution is -2.35. The molecule has 0 unspecified atom stereocenters. The van der Waals surface area contributed by atoms with Crippen LogP contribution < -0.4 is 15.4 Å². The highest BCUT2D eigenvalue weighted by Gasteiger charge is 2.25. The first kappa shape index (κ1) is 13.5. The average molecular weight is 282 g/mol. The van der Waals surface area contributed by atoms with Crippen molar-refractivity contribution in [3.05, 3.63) is 53.6 Å². The van der Waals surface area contributed by atoms with Crippen LogP contribution in [0.1, 0.15) is 22.3 Å². The number of hydrogen-bond acceptors (Lipinski definition) is 3. The Morgan fingerprint density at radius 2 is 2.05 bits per heavy atom. The van der Waals surface area contributed by atoms with Crippen LogP contribution >= 0.6 is 0 Å². The molecule has 0 atom stereocenters. The van der Waals surface area contributed by atoms with Crippen LogP contribution in [-0.4, -0.2) is 19.6 Å². The lowest BCUT2D eigenvalue weighted by atomic mass is 10.0. The zero-order valence-electron chi connectivity index (χ0n) is 12.0. The minimum absolute atomic E-state index is 0.0426. The summed E-state index contributed by atoms with van der Waals surface area (Å²) in [4.78, 5) is 14.7. The van der Waals surface area contributed by atoms with E-state index >= 15 is 0 Å². The number of carbonyl (C=O) groups excluding carboxylic acids is 1. The van der Waals surface area contributed by atoms with Crippen molar-refractivity contribution in [1.82, 2.24) is 0 Å². The van der Waals surface area contributed by atoms with Crippen LogP contribution in [0.25, 0.3) is 0 Å². The second-order valence-electron chi connectivity index (χ2n) is 5.15. The third kappa shape index (κ3) is 2.44. The van der Waals surface area contributed by atoms with Gasteiger partial charge in [0.25, 0.3) is 5.91 Å². The number of methoxy groups -OCH3 is 1. The molecule has 0 bridgehead atoms. The molecule has 0 spiro atoms. The van der Waals surface area contributed by atoms with Gasteiger partial charge in [0.2, 0.25) is 0 Å². The second-order valence-corrected chi connectivity index (χ2v) is 5.15. The average Bonchev–Trinajstić information content (AvgIpc) is 2.53. The first-order valence-electron chi connectivity index (χ1n) is 7.04. The van der Waals surface area contributed by atoms with Crippen molar-refractivity contribution < 1.29 is 9.53 Å². The van der Waals surface area contributed by atoms with Gasteiger partial charge >= 0.3 is 0 Å². The Bertz CT molecular complexity index is 682. The highest BCUT2D eigenvalue weighted by atomic mass is 16.5. The number of nitrogen functional groups attached to an aromatic ring is 1. The molecule has 0 saturated carbocycles. The van der Waals surface area contributed by atoms with Crippen molar-refractivity contribution in [1.29, 1.82) is 0 Å². The van der Waals surface area contributed by atoms with Gasteiger partial charge < -0.3 is 15.4 Å². The van der Waals surface area contributed by atoms with Gasteiger partial charge in [0.1, 0.15) is 5.75 Å². The molecule has 0 aliphatic carbocycles. The van der Waals surface area contributed by atoms with Crippen molar-refractivity contribution in [2.45, 2.75) is 12.8 Å².